The largest absolute Gasteiger partial charge is 0.350 e. The molecule has 1 aromatic heterocycles. The highest BCUT2D eigenvalue weighted by Gasteiger charge is 2.23. The molecular weight excluding hydrogens is 368 g/mol. The number of hydrogen-bond donors (Lipinski definition) is 2. The highest BCUT2D eigenvalue weighted by molar-refractivity contribution is 5.94. The minimum atomic E-state index is -0.414. The molecule has 1 aliphatic rings. The van der Waals surface area contributed by atoms with Crippen LogP contribution in [0.2, 0.25) is 0 Å². The van der Waals surface area contributed by atoms with E-state index < -0.39 is 5.91 Å². The maximum Gasteiger partial charge on any atom is 0.315 e. The van der Waals surface area contributed by atoms with Crippen LogP contribution in [-0.4, -0.2) is 35.0 Å². The number of carbonyl (C=O) groups excluding carboxylic acids is 2. The van der Waals surface area contributed by atoms with Gasteiger partial charge in [0.2, 0.25) is 0 Å². The Morgan fingerprint density at radius 3 is 2.24 bits per heavy atom. The maximum atomic E-state index is 12.2. The molecule has 0 saturated heterocycles. The Hall–Kier alpha value is -2.70. The molecule has 1 heterocycles. The summed E-state index contributed by atoms with van der Waals surface area (Å²) in [5, 5.41) is 9.47. The van der Waals surface area contributed by atoms with Gasteiger partial charge in [0, 0.05) is 24.6 Å². The smallest absolute Gasteiger partial charge is 0.315 e. The Morgan fingerprint density at radius 2 is 1.62 bits per heavy atom. The van der Waals surface area contributed by atoms with Crippen LogP contribution in [0.15, 0.2) is 28.8 Å². The van der Waals surface area contributed by atoms with E-state index in [1.54, 1.807) is 0 Å². The SMILES string of the molecule is CC(C)(C)c1ccc(C(=O)NCCNC(=O)c2nc(C3CCCCC3)no2)cc1. The molecule has 0 aliphatic heterocycles. The predicted molar refractivity (Wildman–Crippen MR) is 110 cm³/mol. The number of nitrogens with one attached hydrogen (secondary N) is 2. The van der Waals surface area contributed by atoms with E-state index in [1.807, 2.05) is 24.3 Å². The summed E-state index contributed by atoms with van der Waals surface area (Å²) in [4.78, 5) is 28.6. The van der Waals surface area contributed by atoms with Crippen LogP contribution in [0.5, 0.6) is 0 Å². The lowest BCUT2D eigenvalue weighted by Gasteiger charge is -2.19. The van der Waals surface area contributed by atoms with E-state index in [1.165, 1.54) is 24.8 Å². The summed E-state index contributed by atoms with van der Waals surface area (Å²) in [6, 6.07) is 7.58. The number of hydrogen-bond acceptors (Lipinski definition) is 5. The summed E-state index contributed by atoms with van der Waals surface area (Å²) in [6.45, 7) is 6.99. The normalized spacial score (nSPS) is 15.1. The highest BCUT2D eigenvalue weighted by Crippen LogP contribution is 2.30. The highest BCUT2D eigenvalue weighted by atomic mass is 16.5. The minimum absolute atomic E-state index is 0.0188. The van der Waals surface area contributed by atoms with Gasteiger partial charge < -0.3 is 15.2 Å². The van der Waals surface area contributed by atoms with E-state index >= 15 is 0 Å². The third-order valence-electron chi connectivity index (χ3n) is 5.32. The number of nitrogens with zero attached hydrogens (tertiary/aromatic N) is 2. The molecule has 1 saturated carbocycles. The van der Waals surface area contributed by atoms with Crippen LogP contribution in [0.3, 0.4) is 0 Å². The first-order valence-corrected chi connectivity index (χ1v) is 10.3. The lowest BCUT2D eigenvalue weighted by Crippen LogP contribution is -2.34. The third kappa shape index (κ3) is 5.65. The Balaban J connectivity index is 1.42. The quantitative estimate of drug-likeness (QED) is 0.725. The molecule has 156 valence electrons. The van der Waals surface area contributed by atoms with E-state index in [4.69, 9.17) is 4.52 Å². The standard InChI is InChI=1S/C22H30N4O3/c1-22(2,3)17-11-9-16(10-12-17)19(27)23-13-14-24-20(28)21-25-18(26-29-21)15-7-5-4-6-8-15/h9-12,15H,4-8,13-14H2,1-3H3,(H,23,27)(H,24,28). The Bertz CT molecular complexity index is 830. The van der Waals surface area contributed by atoms with Crippen LogP contribution < -0.4 is 10.6 Å². The maximum absolute atomic E-state index is 12.2. The average Bonchev–Trinajstić information content (AvgIpc) is 3.21. The molecule has 1 fully saturated rings. The number of carbonyl (C=O) groups is 2. The van der Waals surface area contributed by atoms with Crippen molar-refractivity contribution in [1.29, 1.82) is 0 Å². The minimum Gasteiger partial charge on any atom is -0.350 e. The summed E-state index contributed by atoms with van der Waals surface area (Å²) in [6.07, 6.45) is 5.67. The molecule has 29 heavy (non-hydrogen) atoms. The van der Waals surface area contributed by atoms with Gasteiger partial charge >= 0.3 is 11.8 Å². The molecular formula is C22H30N4O3. The fourth-order valence-corrected chi connectivity index (χ4v) is 3.51. The molecule has 2 aromatic rings. The zero-order valence-corrected chi connectivity index (χ0v) is 17.5. The van der Waals surface area contributed by atoms with Crippen LogP contribution in [0.1, 0.15) is 91.2 Å². The molecule has 1 aliphatic carbocycles. The Labute approximate surface area is 171 Å². The summed E-state index contributed by atoms with van der Waals surface area (Å²) < 4.78 is 5.11. The molecule has 2 N–H and O–H groups in total. The van der Waals surface area contributed by atoms with Crippen LogP contribution in [0.4, 0.5) is 0 Å². The topological polar surface area (TPSA) is 97.1 Å². The van der Waals surface area contributed by atoms with Crippen molar-refractivity contribution < 1.29 is 14.1 Å². The van der Waals surface area contributed by atoms with Gasteiger partial charge in [0.25, 0.3) is 5.91 Å². The molecule has 7 nitrogen and oxygen atoms in total. The van der Waals surface area contributed by atoms with Crippen LogP contribution in [0.25, 0.3) is 0 Å². The molecule has 0 spiro atoms. The number of amides is 2. The van der Waals surface area contributed by atoms with Crippen molar-refractivity contribution in [2.24, 2.45) is 0 Å². The van der Waals surface area contributed by atoms with Crippen molar-refractivity contribution in [3.8, 4) is 0 Å². The number of rotatable bonds is 6. The number of benzene rings is 1. The molecule has 7 heteroatoms. The van der Waals surface area contributed by atoms with Crippen LogP contribution in [-0.2, 0) is 5.41 Å². The fourth-order valence-electron chi connectivity index (χ4n) is 3.51. The Kier molecular flexibility index (Phi) is 6.67. The van der Waals surface area contributed by atoms with Crippen molar-refractivity contribution in [2.75, 3.05) is 13.1 Å². The number of aromatic nitrogens is 2. The van der Waals surface area contributed by atoms with Gasteiger partial charge in [0.1, 0.15) is 0 Å². The average molecular weight is 399 g/mol. The Morgan fingerprint density at radius 1 is 1.00 bits per heavy atom. The van der Waals surface area contributed by atoms with Gasteiger partial charge in [-0.2, -0.15) is 4.98 Å². The predicted octanol–water partition coefficient (Wildman–Crippen LogP) is 3.57. The van der Waals surface area contributed by atoms with Crippen molar-refractivity contribution in [2.45, 2.75) is 64.2 Å². The van der Waals surface area contributed by atoms with E-state index in [-0.39, 0.29) is 29.7 Å². The van der Waals surface area contributed by atoms with Gasteiger partial charge in [-0.1, -0.05) is 57.3 Å². The summed E-state index contributed by atoms with van der Waals surface area (Å²) in [5.41, 5.74) is 1.82. The van der Waals surface area contributed by atoms with Crippen molar-refractivity contribution in [1.82, 2.24) is 20.8 Å². The van der Waals surface area contributed by atoms with Gasteiger partial charge in [-0.15, -0.1) is 0 Å². The van der Waals surface area contributed by atoms with Gasteiger partial charge in [-0.05, 0) is 36.0 Å². The van der Waals surface area contributed by atoms with E-state index in [2.05, 4.69) is 41.5 Å². The first-order valence-electron chi connectivity index (χ1n) is 10.3. The van der Waals surface area contributed by atoms with Crippen LogP contribution in [0, 0.1) is 0 Å². The van der Waals surface area contributed by atoms with Crippen molar-refractivity contribution in [3.63, 3.8) is 0 Å². The van der Waals surface area contributed by atoms with Gasteiger partial charge in [0.05, 0.1) is 0 Å². The molecule has 0 radical (unpaired) electrons. The fraction of sp³-hybridized carbons (Fsp3) is 0.545. The summed E-state index contributed by atoms with van der Waals surface area (Å²) >= 11 is 0. The lowest BCUT2D eigenvalue weighted by molar-refractivity contribution is 0.0898. The first kappa shape index (κ1) is 21.0. The van der Waals surface area contributed by atoms with Gasteiger partial charge in [-0.25, -0.2) is 0 Å². The second-order valence-corrected chi connectivity index (χ2v) is 8.63. The summed E-state index contributed by atoms with van der Waals surface area (Å²) in [7, 11) is 0. The van der Waals surface area contributed by atoms with Crippen LogP contribution >= 0.6 is 0 Å². The first-order chi connectivity index (χ1) is 13.8. The lowest BCUT2D eigenvalue weighted by atomic mass is 9.87. The molecule has 1 aromatic carbocycles. The monoisotopic (exact) mass is 398 g/mol. The zero-order chi connectivity index (χ0) is 20.9. The van der Waals surface area contributed by atoms with Crippen molar-refractivity contribution >= 4 is 11.8 Å². The second kappa shape index (κ2) is 9.20. The van der Waals surface area contributed by atoms with E-state index in [0.717, 1.165) is 12.8 Å². The van der Waals surface area contributed by atoms with E-state index in [9.17, 15) is 9.59 Å². The third-order valence-corrected chi connectivity index (χ3v) is 5.32. The molecule has 0 atom stereocenters. The molecule has 0 bridgehead atoms. The van der Waals surface area contributed by atoms with E-state index in [0.29, 0.717) is 17.9 Å². The van der Waals surface area contributed by atoms with Gasteiger partial charge in [0.15, 0.2) is 5.82 Å². The molecule has 0 unspecified atom stereocenters. The molecule has 2 amide bonds. The molecule has 3 rings (SSSR count). The van der Waals surface area contributed by atoms with Gasteiger partial charge in [-0.3, -0.25) is 9.59 Å². The summed E-state index contributed by atoms with van der Waals surface area (Å²) in [5.74, 6) is 0.315. The zero-order valence-electron chi connectivity index (χ0n) is 17.5. The second-order valence-electron chi connectivity index (χ2n) is 8.63. The van der Waals surface area contributed by atoms with Crippen molar-refractivity contribution in [3.05, 3.63) is 47.1 Å².